The number of ether oxygens (including phenoxy) is 2. The van der Waals surface area contributed by atoms with Crippen molar-refractivity contribution < 1.29 is 23.9 Å². The molecule has 13 heteroatoms. The monoisotopic (exact) mass is 846 g/mol. The normalized spacial score (nSPS) is 18.7. The van der Waals surface area contributed by atoms with E-state index in [9.17, 15) is 19.2 Å². The van der Waals surface area contributed by atoms with E-state index >= 15 is 0 Å². The summed E-state index contributed by atoms with van der Waals surface area (Å²) in [5.41, 5.74) is 7.25. The molecule has 0 aliphatic carbocycles. The van der Waals surface area contributed by atoms with Gasteiger partial charge in [-0.25, -0.2) is 4.79 Å². The summed E-state index contributed by atoms with van der Waals surface area (Å²) in [4.78, 5) is 58.3. The summed E-state index contributed by atoms with van der Waals surface area (Å²) in [6.45, 7) is 8.05. The average molecular weight is 847 g/mol. The number of rotatable bonds is 13. The van der Waals surface area contributed by atoms with Gasteiger partial charge >= 0.3 is 5.69 Å². The highest BCUT2D eigenvalue weighted by Gasteiger charge is 2.36. The second kappa shape index (κ2) is 17.8. The Bertz CT molecular complexity index is 2490. The van der Waals surface area contributed by atoms with Gasteiger partial charge in [-0.2, -0.15) is 0 Å². The first-order valence-corrected chi connectivity index (χ1v) is 21.8. The summed E-state index contributed by atoms with van der Waals surface area (Å²) in [6, 6.07) is 25.0. The summed E-state index contributed by atoms with van der Waals surface area (Å²) >= 11 is 6.32. The van der Waals surface area contributed by atoms with Crippen molar-refractivity contribution in [2.24, 2.45) is 13.0 Å². The minimum atomic E-state index is -0.681. The molecule has 0 bridgehead atoms. The molecule has 2 atom stereocenters. The largest absolute Gasteiger partial charge is 0.493 e. The van der Waals surface area contributed by atoms with Gasteiger partial charge in [0.1, 0.15) is 6.04 Å². The number of likely N-dealkylation sites (tertiary alicyclic amines) is 1. The highest BCUT2D eigenvalue weighted by atomic mass is 35.5. The second-order valence-electron chi connectivity index (χ2n) is 17.1. The molecule has 1 N–H and O–H groups in total. The molecule has 4 heterocycles. The van der Waals surface area contributed by atoms with E-state index < -0.39 is 11.9 Å². The number of fused-ring (bicyclic) bond motifs is 2. The maximum Gasteiger partial charge on any atom is 0.329 e. The van der Waals surface area contributed by atoms with Gasteiger partial charge in [-0.15, -0.1) is 0 Å². The van der Waals surface area contributed by atoms with Crippen molar-refractivity contribution in [3.63, 3.8) is 0 Å². The van der Waals surface area contributed by atoms with Gasteiger partial charge in [-0.3, -0.25) is 28.8 Å². The number of halogens is 1. The van der Waals surface area contributed by atoms with Gasteiger partial charge in [0, 0.05) is 43.5 Å². The number of carbonyl (C=O) groups is 3. The molecule has 0 radical (unpaired) electrons. The number of piperidine rings is 2. The molecule has 1 unspecified atom stereocenters. The fourth-order valence-corrected chi connectivity index (χ4v) is 9.51. The van der Waals surface area contributed by atoms with Gasteiger partial charge in [0.15, 0.2) is 11.5 Å². The summed E-state index contributed by atoms with van der Waals surface area (Å²) in [7, 11) is 5.51. The number of methoxy groups -OCH3 is 1. The SMILES string of the molecule is COc1cc2c(cc1OC(C)C)[C@H](c1ccc(Cl)cc1)N(c1ccc(N(C)CC3CCN(CCCc4ccc5c(c4)n(C)c(=O)n5C4CCC(=O)NC4=O)CC3)cc1)C(=O)C2. The maximum atomic E-state index is 14.0. The zero-order chi connectivity index (χ0) is 42.9. The minimum Gasteiger partial charge on any atom is -0.493 e. The lowest BCUT2D eigenvalue weighted by atomic mass is 9.86. The molecule has 0 spiro atoms. The van der Waals surface area contributed by atoms with E-state index in [0.717, 1.165) is 91.0 Å². The van der Waals surface area contributed by atoms with Crippen LogP contribution in [-0.2, 0) is 34.3 Å². The molecule has 8 rings (SSSR count). The van der Waals surface area contributed by atoms with Crippen molar-refractivity contribution in [2.45, 2.75) is 77.0 Å². The summed E-state index contributed by atoms with van der Waals surface area (Å²) in [6.07, 6.45) is 4.91. The fourth-order valence-electron chi connectivity index (χ4n) is 9.38. The third-order valence-corrected chi connectivity index (χ3v) is 12.8. The van der Waals surface area contributed by atoms with Crippen molar-refractivity contribution in [3.8, 4) is 11.5 Å². The van der Waals surface area contributed by atoms with Crippen LogP contribution in [0.3, 0.4) is 0 Å². The van der Waals surface area contributed by atoms with Gasteiger partial charge in [0.25, 0.3) is 0 Å². The van der Waals surface area contributed by atoms with Gasteiger partial charge in [0.2, 0.25) is 17.7 Å². The van der Waals surface area contributed by atoms with Crippen LogP contribution in [0.15, 0.2) is 83.7 Å². The Balaban J connectivity index is 0.875. The van der Waals surface area contributed by atoms with Crippen molar-refractivity contribution in [3.05, 3.63) is 117 Å². The number of benzene rings is 4. The van der Waals surface area contributed by atoms with Crippen molar-refractivity contribution in [1.82, 2.24) is 19.4 Å². The van der Waals surface area contributed by atoms with E-state index in [-0.39, 0.29) is 42.5 Å². The van der Waals surface area contributed by atoms with Gasteiger partial charge in [-0.1, -0.05) is 29.8 Å². The molecule has 12 nitrogen and oxygen atoms in total. The van der Waals surface area contributed by atoms with Gasteiger partial charge < -0.3 is 24.2 Å². The first-order chi connectivity index (χ1) is 29.4. The van der Waals surface area contributed by atoms with Crippen LogP contribution < -0.4 is 30.3 Å². The molecular weight excluding hydrogens is 792 g/mol. The molecular formula is C48H55ClN6O6. The Morgan fingerprint density at radius 2 is 1.62 bits per heavy atom. The van der Waals surface area contributed by atoms with Crippen LogP contribution in [0.1, 0.15) is 80.3 Å². The standard InChI is InChI=1S/C48H55ClN6O6/c1-30(2)61-43-28-38-34(26-42(43)60-5)27-45(57)54(46(38)33-9-11-35(49)12-10-33)37-15-13-36(14-16-37)51(3)29-32-20-23-53(24-21-32)22-6-7-31-8-17-39-41(25-31)52(4)48(59)55(39)40-18-19-44(56)50-47(40)58/h8-17,25-26,28,30,32,40,46H,6-7,18-24,27,29H2,1-5H3,(H,50,56,58)/t40?,46-/m0/s1. The number of imidazole rings is 1. The zero-order valence-corrected chi connectivity index (χ0v) is 36.4. The van der Waals surface area contributed by atoms with E-state index in [1.54, 1.807) is 18.7 Å². The van der Waals surface area contributed by atoms with Crippen LogP contribution in [0.4, 0.5) is 11.4 Å². The predicted octanol–water partition coefficient (Wildman–Crippen LogP) is 7.23. The number of imide groups is 1. The minimum absolute atomic E-state index is 0.00892. The molecule has 3 aliphatic rings. The predicted molar refractivity (Wildman–Crippen MR) is 239 cm³/mol. The third-order valence-electron chi connectivity index (χ3n) is 12.6. The van der Waals surface area contributed by atoms with Crippen LogP contribution in [0.5, 0.6) is 11.5 Å². The Kier molecular flexibility index (Phi) is 12.3. The van der Waals surface area contributed by atoms with E-state index in [1.807, 2.05) is 61.2 Å². The van der Waals surface area contributed by atoms with Crippen LogP contribution in [-0.4, -0.2) is 78.2 Å². The molecule has 320 valence electrons. The first kappa shape index (κ1) is 42.1. The Morgan fingerprint density at radius 3 is 2.31 bits per heavy atom. The Hall–Kier alpha value is -5.59. The number of aromatic nitrogens is 2. The lowest BCUT2D eigenvalue weighted by molar-refractivity contribution is -0.135. The van der Waals surface area contributed by atoms with Crippen LogP contribution in [0.2, 0.25) is 5.02 Å². The van der Waals surface area contributed by atoms with Crippen molar-refractivity contribution >= 4 is 51.7 Å². The molecule has 2 fully saturated rings. The highest BCUT2D eigenvalue weighted by Crippen LogP contribution is 2.44. The van der Waals surface area contributed by atoms with E-state index in [0.29, 0.717) is 34.4 Å². The summed E-state index contributed by atoms with van der Waals surface area (Å²) in [5, 5.41) is 3.01. The molecule has 5 aromatic rings. The van der Waals surface area contributed by atoms with Crippen LogP contribution >= 0.6 is 11.6 Å². The smallest absolute Gasteiger partial charge is 0.329 e. The zero-order valence-electron chi connectivity index (χ0n) is 35.7. The molecule has 4 aromatic carbocycles. The number of nitrogens with zero attached hydrogens (tertiary/aromatic N) is 5. The molecule has 2 saturated heterocycles. The van der Waals surface area contributed by atoms with Crippen molar-refractivity contribution in [1.29, 1.82) is 0 Å². The number of amides is 3. The molecule has 1 aromatic heterocycles. The lowest BCUT2D eigenvalue weighted by Gasteiger charge is -2.38. The number of nitrogens with one attached hydrogen (secondary N) is 1. The summed E-state index contributed by atoms with van der Waals surface area (Å²) < 4.78 is 15.0. The number of aryl methyl sites for hydroxylation is 2. The number of hydrogen-bond acceptors (Lipinski definition) is 8. The van der Waals surface area contributed by atoms with Gasteiger partial charge in [-0.05, 0) is 154 Å². The second-order valence-corrected chi connectivity index (χ2v) is 17.5. The number of hydrogen-bond donors (Lipinski definition) is 1. The highest BCUT2D eigenvalue weighted by molar-refractivity contribution is 6.30. The van der Waals surface area contributed by atoms with E-state index in [2.05, 4.69) is 58.6 Å². The summed E-state index contributed by atoms with van der Waals surface area (Å²) in [5.74, 6) is 1.14. The van der Waals surface area contributed by atoms with E-state index in [1.165, 1.54) is 4.57 Å². The van der Waals surface area contributed by atoms with Crippen LogP contribution in [0.25, 0.3) is 11.0 Å². The van der Waals surface area contributed by atoms with Crippen molar-refractivity contribution in [2.75, 3.05) is 50.1 Å². The molecule has 3 amide bonds. The van der Waals surface area contributed by atoms with Gasteiger partial charge in [0.05, 0.1) is 36.7 Å². The average Bonchev–Trinajstić information content (AvgIpc) is 3.48. The Morgan fingerprint density at radius 1 is 0.885 bits per heavy atom. The Labute approximate surface area is 362 Å². The quantitative estimate of drug-likeness (QED) is 0.124. The van der Waals surface area contributed by atoms with Crippen LogP contribution in [0, 0.1) is 5.92 Å². The molecule has 3 aliphatic heterocycles. The topological polar surface area (TPSA) is 118 Å². The maximum absolute atomic E-state index is 14.0. The molecule has 0 saturated carbocycles. The lowest BCUT2D eigenvalue weighted by Crippen LogP contribution is -2.44. The number of carbonyl (C=O) groups excluding carboxylic acids is 3. The third kappa shape index (κ3) is 8.79. The van der Waals surface area contributed by atoms with E-state index in [4.69, 9.17) is 21.1 Å². The number of anilines is 2. The first-order valence-electron chi connectivity index (χ1n) is 21.4. The molecule has 61 heavy (non-hydrogen) atoms. The fraction of sp³-hybridized carbons (Fsp3) is 0.417.